The third-order valence-corrected chi connectivity index (χ3v) is 4.81. The quantitative estimate of drug-likeness (QED) is 0.490. The number of para-hydroxylation sites is 1. The molecule has 27 heavy (non-hydrogen) atoms. The molecule has 0 aliphatic carbocycles. The predicted molar refractivity (Wildman–Crippen MR) is 99.5 cm³/mol. The zero-order valence-corrected chi connectivity index (χ0v) is 14.8. The first kappa shape index (κ1) is 16.8. The lowest BCUT2D eigenvalue weighted by atomic mass is 10.1. The van der Waals surface area contributed by atoms with E-state index in [0.717, 1.165) is 0 Å². The number of phenols is 1. The summed E-state index contributed by atoms with van der Waals surface area (Å²) in [6, 6.07) is 8.33. The molecular formula is C17H13N5O4S. The first-order chi connectivity index (χ1) is 13.0. The fourth-order valence-electron chi connectivity index (χ4n) is 2.75. The van der Waals surface area contributed by atoms with Gasteiger partial charge in [-0.1, -0.05) is 6.07 Å². The number of nitrogens with two attached hydrogens (primary N) is 1. The van der Waals surface area contributed by atoms with E-state index in [0.29, 0.717) is 5.00 Å². The van der Waals surface area contributed by atoms with E-state index in [1.54, 1.807) is 30.3 Å². The largest absolute Gasteiger partial charge is 0.504 e. The Balaban J connectivity index is 2.08. The lowest BCUT2D eigenvalue weighted by molar-refractivity contribution is 0.0997. The van der Waals surface area contributed by atoms with Gasteiger partial charge in [-0.2, -0.15) is 0 Å². The highest BCUT2D eigenvalue weighted by molar-refractivity contribution is 7.12. The van der Waals surface area contributed by atoms with Crippen LogP contribution in [0.5, 0.6) is 11.5 Å². The number of thiophene rings is 1. The Hall–Kier alpha value is -3.66. The molecule has 0 fully saturated rings. The highest BCUT2D eigenvalue weighted by atomic mass is 32.1. The van der Waals surface area contributed by atoms with E-state index in [1.807, 2.05) is 5.38 Å². The van der Waals surface area contributed by atoms with Gasteiger partial charge in [0.1, 0.15) is 10.5 Å². The maximum atomic E-state index is 12.5. The van der Waals surface area contributed by atoms with Gasteiger partial charge < -0.3 is 20.6 Å². The zero-order valence-electron chi connectivity index (χ0n) is 14.0. The van der Waals surface area contributed by atoms with Gasteiger partial charge in [0, 0.05) is 0 Å². The number of ether oxygens (including phenoxy) is 1. The number of aromatic hydroxyl groups is 1. The summed E-state index contributed by atoms with van der Waals surface area (Å²) < 4.78 is 6.43. The SMILES string of the molecule is COc1cccc(-c2nc(C(N)=O)c3[nH]c(=O)n(-c4cccs4)c3n2)c1O. The van der Waals surface area contributed by atoms with Crippen LogP contribution in [0.3, 0.4) is 0 Å². The highest BCUT2D eigenvalue weighted by Gasteiger charge is 2.22. The number of nitrogens with one attached hydrogen (secondary N) is 1. The monoisotopic (exact) mass is 383 g/mol. The highest BCUT2D eigenvalue weighted by Crippen LogP contribution is 2.36. The van der Waals surface area contributed by atoms with Gasteiger partial charge in [-0.15, -0.1) is 11.3 Å². The fourth-order valence-corrected chi connectivity index (χ4v) is 3.48. The molecule has 0 saturated heterocycles. The van der Waals surface area contributed by atoms with E-state index in [1.165, 1.54) is 23.0 Å². The molecule has 0 atom stereocenters. The van der Waals surface area contributed by atoms with E-state index in [4.69, 9.17) is 10.5 Å². The van der Waals surface area contributed by atoms with E-state index < -0.39 is 11.6 Å². The average molecular weight is 383 g/mol. The summed E-state index contributed by atoms with van der Waals surface area (Å²) >= 11 is 1.33. The van der Waals surface area contributed by atoms with Crippen LogP contribution in [0.25, 0.3) is 27.6 Å². The van der Waals surface area contributed by atoms with Crippen LogP contribution in [-0.2, 0) is 0 Å². The molecule has 4 rings (SSSR count). The van der Waals surface area contributed by atoms with Gasteiger partial charge in [0.15, 0.2) is 28.7 Å². The van der Waals surface area contributed by atoms with Gasteiger partial charge >= 0.3 is 5.69 Å². The number of benzene rings is 1. The molecule has 0 saturated carbocycles. The number of rotatable bonds is 4. The topological polar surface area (TPSA) is 136 Å². The Labute approximate surface area is 155 Å². The smallest absolute Gasteiger partial charge is 0.333 e. The zero-order chi connectivity index (χ0) is 19.1. The Bertz CT molecular complexity index is 1230. The number of carbonyl (C=O) groups excluding carboxylic acids is 1. The van der Waals surface area contributed by atoms with Crippen molar-refractivity contribution in [1.82, 2.24) is 19.5 Å². The Morgan fingerprint density at radius 2 is 2.11 bits per heavy atom. The van der Waals surface area contributed by atoms with E-state index in [2.05, 4.69) is 15.0 Å². The molecule has 3 aromatic heterocycles. The van der Waals surface area contributed by atoms with Crippen LogP contribution in [0.1, 0.15) is 10.5 Å². The second-order valence-corrected chi connectivity index (χ2v) is 6.46. The third kappa shape index (κ3) is 2.62. The number of aromatic amines is 1. The number of H-pyrrole nitrogens is 1. The number of amides is 1. The molecule has 3 heterocycles. The van der Waals surface area contributed by atoms with Gasteiger partial charge in [-0.05, 0) is 29.6 Å². The number of imidazole rings is 1. The minimum absolute atomic E-state index is 0.0389. The van der Waals surface area contributed by atoms with Crippen molar-refractivity contribution in [1.29, 1.82) is 0 Å². The van der Waals surface area contributed by atoms with Gasteiger partial charge in [0.05, 0.1) is 12.7 Å². The molecule has 9 nitrogen and oxygen atoms in total. The molecule has 1 aromatic carbocycles. The lowest BCUT2D eigenvalue weighted by Crippen LogP contribution is -2.15. The maximum Gasteiger partial charge on any atom is 0.333 e. The van der Waals surface area contributed by atoms with Crippen LogP contribution >= 0.6 is 11.3 Å². The molecule has 0 radical (unpaired) electrons. The van der Waals surface area contributed by atoms with E-state index >= 15 is 0 Å². The van der Waals surface area contributed by atoms with Crippen LogP contribution in [0.15, 0.2) is 40.5 Å². The molecule has 0 unspecified atom stereocenters. The summed E-state index contributed by atoms with van der Waals surface area (Å²) in [4.78, 5) is 35.5. The van der Waals surface area contributed by atoms with Crippen LogP contribution in [0.2, 0.25) is 0 Å². The number of phenolic OH excluding ortho intramolecular Hbond substituents is 1. The minimum Gasteiger partial charge on any atom is -0.504 e. The third-order valence-electron chi connectivity index (χ3n) is 3.96. The summed E-state index contributed by atoms with van der Waals surface area (Å²) in [5.74, 6) is -0.750. The number of hydrogen-bond acceptors (Lipinski definition) is 7. The number of hydrogen-bond donors (Lipinski definition) is 3. The minimum atomic E-state index is -0.828. The number of aromatic nitrogens is 4. The van der Waals surface area contributed by atoms with Crippen molar-refractivity contribution in [2.24, 2.45) is 5.73 Å². The van der Waals surface area contributed by atoms with Gasteiger partial charge in [-0.25, -0.2) is 19.3 Å². The standard InChI is InChI=1S/C17H13N5O4S/c1-26-9-5-2-4-8(13(9)23)15-19-11(14(18)24)12-16(21-15)22(17(25)20-12)10-6-3-7-27-10/h2-7,23H,1H3,(H2,18,24)(H,20,25). The number of carbonyl (C=O) groups is 1. The molecule has 4 N–H and O–H groups in total. The number of nitrogens with zero attached hydrogens (tertiary/aromatic N) is 3. The average Bonchev–Trinajstić information content (AvgIpc) is 3.27. The van der Waals surface area contributed by atoms with Gasteiger partial charge in [-0.3, -0.25) is 4.79 Å². The molecule has 0 bridgehead atoms. The summed E-state index contributed by atoms with van der Waals surface area (Å²) in [5.41, 5.74) is 5.39. The van der Waals surface area contributed by atoms with Crippen molar-refractivity contribution in [2.75, 3.05) is 7.11 Å². The Kier molecular flexibility index (Phi) is 3.89. The van der Waals surface area contributed by atoms with Crippen LogP contribution in [-0.4, -0.2) is 37.6 Å². The second-order valence-electron chi connectivity index (χ2n) is 5.53. The molecule has 0 spiro atoms. The molecule has 1 amide bonds. The number of fused-ring (bicyclic) bond motifs is 1. The summed E-state index contributed by atoms with van der Waals surface area (Å²) in [6.07, 6.45) is 0. The molecule has 0 aliphatic heterocycles. The van der Waals surface area contributed by atoms with Crippen LogP contribution < -0.4 is 16.2 Å². The first-order valence-corrected chi connectivity index (χ1v) is 8.62. The first-order valence-electron chi connectivity index (χ1n) is 7.74. The van der Waals surface area contributed by atoms with Crippen molar-refractivity contribution >= 4 is 28.4 Å². The van der Waals surface area contributed by atoms with E-state index in [-0.39, 0.29) is 39.7 Å². The van der Waals surface area contributed by atoms with Gasteiger partial charge in [0.25, 0.3) is 5.91 Å². The van der Waals surface area contributed by atoms with Crippen LogP contribution in [0.4, 0.5) is 0 Å². The summed E-state index contributed by atoms with van der Waals surface area (Å²) in [6.45, 7) is 0. The van der Waals surface area contributed by atoms with Crippen molar-refractivity contribution < 1.29 is 14.6 Å². The Morgan fingerprint density at radius 3 is 2.78 bits per heavy atom. The van der Waals surface area contributed by atoms with Crippen molar-refractivity contribution in [2.45, 2.75) is 0 Å². The molecule has 10 heteroatoms. The summed E-state index contributed by atoms with van der Waals surface area (Å²) in [7, 11) is 1.42. The lowest BCUT2D eigenvalue weighted by Gasteiger charge is -2.09. The number of methoxy groups -OCH3 is 1. The normalized spacial score (nSPS) is 11.0. The molecule has 0 aliphatic rings. The fraction of sp³-hybridized carbons (Fsp3) is 0.0588. The number of primary amides is 1. The van der Waals surface area contributed by atoms with Crippen LogP contribution in [0, 0.1) is 0 Å². The van der Waals surface area contributed by atoms with E-state index in [9.17, 15) is 14.7 Å². The van der Waals surface area contributed by atoms with Gasteiger partial charge in [0.2, 0.25) is 0 Å². The molecule has 136 valence electrons. The molecular weight excluding hydrogens is 370 g/mol. The molecule has 4 aromatic rings. The predicted octanol–water partition coefficient (Wildman–Crippen LogP) is 1.65. The summed E-state index contributed by atoms with van der Waals surface area (Å²) in [5, 5.41) is 12.8. The van der Waals surface area contributed by atoms with Crippen molar-refractivity contribution in [3.8, 4) is 27.9 Å². The van der Waals surface area contributed by atoms with Crippen molar-refractivity contribution in [3.05, 3.63) is 51.9 Å². The van der Waals surface area contributed by atoms with Crippen molar-refractivity contribution in [3.63, 3.8) is 0 Å². The maximum absolute atomic E-state index is 12.5. The Morgan fingerprint density at radius 1 is 1.30 bits per heavy atom. The second kappa shape index (κ2) is 6.25.